The van der Waals surface area contributed by atoms with Gasteiger partial charge in [-0.25, -0.2) is 0 Å². The van der Waals surface area contributed by atoms with Crippen molar-refractivity contribution in [2.75, 3.05) is 7.11 Å². The summed E-state index contributed by atoms with van der Waals surface area (Å²) in [5, 5.41) is 0. The van der Waals surface area contributed by atoms with Crippen LogP contribution < -0.4 is 4.74 Å². The van der Waals surface area contributed by atoms with E-state index in [9.17, 15) is 0 Å². The summed E-state index contributed by atoms with van der Waals surface area (Å²) < 4.78 is 5.60. The van der Waals surface area contributed by atoms with E-state index in [0.29, 0.717) is 0 Å². The van der Waals surface area contributed by atoms with Gasteiger partial charge in [-0.3, -0.25) is 0 Å². The lowest BCUT2D eigenvalue weighted by Crippen LogP contribution is -2.14. The van der Waals surface area contributed by atoms with Gasteiger partial charge in [0.05, 0.1) is 7.11 Å². The fourth-order valence-electron chi connectivity index (χ4n) is 6.07. The van der Waals surface area contributed by atoms with Crippen molar-refractivity contribution in [1.29, 1.82) is 0 Å². The van der Waals surface area contributed by atoms with Gasteiger partial charge in [-0.1, -0.05) is 120 Å². The van der Waals surface area contributed by atoms with Crippen molar-refractivity contribution in [2.24, 2.45) is 11.8 Å². The highest BCUT2D eigenvalue weighted by molar-refractivity contribution is 5.49. The van der Waals surface area contributed by atoms with Gasteiger partial charge in [0.15, 0.2) is 0 Å². The van der Waals surface area contributed by atoms with Crippen molar-refractivity contribution in [3.63, 3.8) is 0 Å². The van der Waals surface area contributed by atoms with E-state index in [1.165, 1.54) is 119 Å². The monoisotopic (exact) mass is 488 g/mol. The number of rotatable bonds is 16. The summed E-state index contributed by atoms with van der Waals surface area (Å²) in [5.74, 6) is 3.05. The van der Waals surface area contributed by atoms with Gasteiger partial charge < -0.3 is 4.74 Å². The molecule has 1 aliphatic rings. The Morgan fingerprint density at radius 1 is 0.722 bits per heavy atom. The van der Waals surface area contributed by atoms with E-state index in [4.69, 9.17) is 4.74 Å². The zero-order valence-corrected chi connectivity index (χ0v) is 23.6. The second-order valence-corrected chi connectivity index (χ2v) is 11.2. The highest BCUT2D eigenvalue weighted by atomic mass is 16.5. The summed E-state index contributed by atoms with van der Waals surface area (Å²) in [6.07, 6.45) is 26.0. The Hall–Kier alpha value is -2.02. The van der Waals surface area contributed by atoms with Crippen LogP contribution >= 0.6 is 0 Å². The molecule has 0 heterocycles. The molecule has 1 fully saturated rings. The van der Waals surface area contributed by atoms with Crippen LogP contribution in [0.25, 0.3) is 6.08 Å². The fourth-order valence-corrected chi connectivity index (χ4v) is 6.07. The molecule has 0 aliphatic heterocycles. The molecular formula is C35H52O. The van der Waals surface area contributed by atoms with Crippen LogP contribution in [0.1, 0.15) is 120 Å². The Labute approximate surface area is 222 Å². The first-order valence-corrected chi connectivity index (χ1v) is 15.1. The molecule has 3 rings (SSSR count). The van der Waals surface area contributed by atoms with Crippen LogP contribution in [-0.2, 0) is 19.3 Å². The Morgan fingerprint density at radius 2 is 1.31 bits per heavy atom. The average molecular weight is 489 g/mol. The van der Waals surface area contributed by atoms with Crippen molar-refractivity contribution in [1.82, 2.24) is 0 Å². The lowest BCUT2D eigenvalue weighted by Gasteiger charge is -2.28. The minimum absolute atomic E-state index is 0.984. The minimum Gasteiger partial charge on any atom is -0.496 e. The number of hydrogen-bond donors (Lipinski definition) is 0. The quantitative estimate of drug-likeness (QED) is 0.213. The van der Waals surface area contributed by atoms with Crippen LogP contribution in [0.15, 0.2) is 48.5 Å². The molecule has 0 N–H and O–H groups in total. The highest BCUT2D eigenvalue weighted by Crippen LogP contribution is 2.34. The van der Waals surface area contributed by atoms with E-state index in [2.05, 4.69) is 68.5 Å². The summed E-state index contributed by atoms with van der Waals surface area (Å²) in [7, 11) is 1.80. The van der Waals surface area contributed by atoms with Gasteiger partial charge >= 0.3 is 0 Å². The lowest BCUT2D eigenvalue weighted by atomic mass is 9.78. The number of aryl methyl sites for hydroxylation is 3. The van der Waals surface area contributed by atoms with Gasteiger partial charge in [-0.2, -0.15) is 0 Å². The first-order chi connectivity index (χ1) is 17.7. The summed E-state index contributed by atoms with van der Waals surface area (Å²) in [5.41, 5.74) is 5.71. The van der Waals surface area contributed by atoms with Gasteiger partial charge in [-0.05, 0) is 85.6 Å². The molecule has 0 amide bonds. The molecule has 2 aromatic rings. The number of methoxy groups -OCH3 is 1. The summed E-state index contributed by atoms with van der Waals surface area (Å²) in [4.78, 5) is 0. The summed E-state index contributed by atoms with van der Waals surface area (Å²) >= 11 is 0. The SMILES string of the molecule is CC=Cc1ccc(CCCCC2CCC(CCCCc3ccc(OC)c(CCCCC)c3)CC2)cc1. The molecule has 36 heavy (non-hydrogen) atoms. The van der Waals surface area contributed by atoms with Crippen molar-refractivity contribution in [3.8, 4) is 5.75 Å². The molecule has 2 aromatic carbocycles. The van der Waals surface area contributed by atoms with E-state index < -0.39 is 0 Å². The first-order valence-electron chi connectivity index (χ1n) is 15.1. The Kier molecular flexibility index (Phi) is 13.2. The molecule has 1 aliphatic carbocycles. The molecule has 198 valence electrons. The summed E-state index contributed by atoms with van der Waals surface area (Å²) in [6, 6.07) is 16.0. The van der Waals surface area contributed by atoms with Gasteiger partial charge in [0.2, 0.25) is 0 Å². The van der Waals surface area contributed by atoms with Gasteiger partial charge in [0.25, 0.3) is 0 Å². The summed E-state index contributed by atoms with van der Waals surface area (Å²) in [6.45, 7) is 4.35. The van der Waals surface area contributed by atoms with Crippen molar-refractivity contribution < 1.29 is 4.74 Å². The third-order valence-corrected chi connectivity index (χ3v) is 8.36. The zero-order chi connectivity index (χ0) is 25.4. The molecule has 0 saturated heterocycles. The topological polar surface area (TPSA) is 9.23 Å². The van der Waals surface area contributed by atoms with E-state index in [0.717, 1.165) is 24.0 Å². The molecule has 1 heteroatoms. The maximum atomic E-state index is 5.60. The third kappa shape index (κ3) is 10.2. The fraction of sp³-hybridized carbons (Fsp3) is 0.600. The molecule has 0 aromatic heterocycles. The van der Waals surface area contributed by atoms with Crippen LogP contribution in [0.5, 0.6) is 5.75 Å². The minimum atomic E-state index is 0.984. The van der Waals surface area contributed by atoms with Gasteiger partial charge in [-0.15, -0.1) is 0 Å². The predicted molar refractivity (Wildman–Crippen MR) is 158 cm³/mol. The molecule has 0 atom stereocenters. The van der Waals surface area contributed by atoms with Gasteiger partial charge in [0.1, 0.15) is 5.75 Å². The molecular weight excluding hydrogens is 436 g/mol. The van der Waals surface area contributed by atoms with E-state index in [-0.39, 0.29) is 0 Å². The average Bonchev–Trinajstić information content (AvgIpc) is 2.91. The predicted octanol–water partition coefficient (Wildman–Crippen LogP) is 10.4. The maximum Gasteiger partial charge on any atom is 0.122 e. The highest BCUT2D eigenvalue weighted by Gasteiger charge is 2.20. The second-order valence-electron chi connectivity index (χ2n) is 11.2. The van der Waals surface area contributed by atoms with Crippen LogP contribution in [0.2, 0.25) is 0 Å². The van der Waals surface area contributed by atoms with Crippen molar-refractivity contribution in [2.45, 2.75) is 117 Å². The molecule has 1 saturated carbocycles. The number of ether oxygens (including phenoxy) is 1. The number of benzene rings is 2. The normalized spacial score (nSPS) is 18.1. The number of allylic oxidation sites excluding steroid dienone is 1. The van der Waals surface area contributed by atoms with Crippen LogP contribution in [-0.4, -0.2) is 7.11 Å². The van der Waals surface area contributed by atoms with Gasteiger partial charge in [0, 0.05) is 0 Å². The Balaban J connectivity index is 1.26. The van der Waals surface area contributed by atoms with E-state index in [1.54, 1.807) is 7.11 Å². The van der Waals surface area contributed by atoms with E-state index >= 15 is 0 Å². The third-order valence-electron chi connectivity index (χ3n) is 8.36. The Bertz CT molecular complexity index is 870. The van der Waals surface area contributed by atoms with Crippen molar-refractivity contribution >= 4 is 6.08 Å². The molecule has 0 spiro atoms. The van der Waals surface area contributed by atoms with Crippen LogP contribution in [0, 0.1) is 11.8 Å². The van der Waals surface area contributed by atoms with Crippen molar-refractivity contribution in [3.05, 3.63) is 70.8 Å². The smallest absolute Gasteiger partial charge is 0.122 e. The largest absolute Gasteiger partial charge is 0.496 e. The van der Waals surface area contributed by atoms with Crippen LogP contribution in [0.3, 0.4) is 0 Å². The number of hydrogen-bond acceptors (Lipinski definition) is 1. The first kappa shape index (κ1) is 28.5. The number of unbranched alkanes of at least 4 members (excludes halogenated alkanes) is 4. The Morgan fingerprint density at radius 3 is 1.89 bits per heavy atom. The standard InChI is InChI=1S/C35H52O/c1-4-6-7-17-34-28-33(26-27-35(34)36-3)16-11-10-15-32-24-22-31(23-25-32)14-9-8-13-30-20-18-29(12-5-2)19-21-30/h5,12,18-21,26-28,31-32H,4,6-11,13-17,22-25H2,1-3H3. The molecule has 0 bridgehead atoms. The lowest BCUT2D eigenvalue weighted by molar-refractivity contribution is 0.245. The molecule has 0 radical (unpaired) electrons. The zero-order valence-electron chi connectivity index (χ0n) is 23.6. The van der Waals surface area contributed by atoms with Crippen LogP contribution in [0.4, 0.5) is 0 Å². The maximum absolute atomic E-state index is 5.60. The second kappa shape index (κ2) is 16.7. The molecule has 1 nitrogen and oxygen atoms in total. The van der Waals surface area contributed by atoms with E-state index in [1.807, 2.05) is 0 Å². The molecule has 0 unspecified atom stereocenters.